The lowest BCUT2D eigenvalue weighted by Gasteiger charge is -2.25. The van der Waals surface area contributed by atoms with Crippen LogP contribution in [0, 0.1) is 13.8 Å². The van der Waals surface area contributed by atoms with E-state index in [9.17, 15) is 13.2 Å². The van der Waals surface area contributed by atoms with Gasteiger partial charge in [0.15, 0.2) is 0 Å². The number of nitrogens with zero attached hydrogens (tertiary/aromatic N) is 3. The number of carbonyl (C=O) groups excluding carboxylic acids is 1. The number of nitrogens with one attached hydrogen (secondary N) is 1. The Labute approximate surface area is 149 Å². The molecule has 1 aromatic carbocycles. The number of likely N-dealkylation sites (tertiary alicyclic amines) is 1. The number of piperidine rings is 1. The standard InChI is InChI=1S/C17H26N4O3S/c1-13-6-5-7-14(2)17(13)21(25(4,23)24)12-16(22)19-18-15-8-10-20(3)11-9-15/h5-7H,8-12H2,1-4H3,(H,19,22). The molecule has 1 aliphatic rings. The molecule has 1 amide bonds. The molecule has 25 heavy (non-hydrogen) atoms. The maximum Gasteiger partial charge on any atom is 0.260 e. The van der Waals surface area contributed by atoms with E-state index < -0.39 is 15.9 Å². The van der Waals surface area contributed by atoms with Crippen molar-refractivity contribution in [1.29, 1.82) is 0 Å². The van der Waals surface area contributed by atoms with E-state index in [1.807, 2.05) is 39.1 Å². The third-order valence-corrected chi connectivity index (χ3v) is 5.39. The Balaban J connectivity index is 2.13. The van der Waals surface area contributed by atoms with E-state index in [-0.39, 0.29) is 6.54 Å². The number of benzene rings is 1. The van der Waals surface area contributed by atoms with Gasteiger partial charge in [0.2, 0.25) is 10.0 Å². The highest BCUT2D eigenvalue weighted by atomic mass is 32.2. The van der Waals surface area contributed by atoms with Gasteiger partial charge in [-0.05, 0) is 32.0 Å². The number of sulfonamides is 1. The molecule has 0 radical (unpaired) electrons. The Bertz CT molecular complexity index is 744. The first-order chi connectivity index (χ1) is 11.7. The first-order valence-electron chi connectivity index (χ1n) is 8.25. The number of aryl methyl sites for hydroxylation is 2. The van der Waals surface area contributed by atoms with Gasteiger partial charge in [0, 0.05) is 31.6 Å². The molecule has 1 fully saturated rings. The molecule has 0 spiro atoms. The van der Waals surface area contributed by atoms with E-state index >= 15 is 0 Å². The van der Waals surface area contributed by atoms with Crippen LogP contribution in [0.2, 0.25) is 0 Å². The minimum Gasteiger partial charge on any atom is -0.306 e. The highest BCUT2D eigenvalue weighted by Crippen LogP contribution is 2.26. The summed E-state index contributed by atoms with van der Waals surface area (Å²) in [5.74, 6) is -0.445. The van der Waals surface area contributed by atoms with Crippen molar-refractivity contribution in [1.82, 2.24) is 10.3 Å². The second-order valence-corrected chi connectivity index (χ2v) is 8.43. The summed E-state index contributed by atoms with van der Waals surface area (Å²) in [7, 11) is -1.55. The Hall–Kier alpha value is -1.93. The number of anilines is 1. The normalized spacial score (nSPS) is 15.8. The maximum atomic E-state index is 12.3. The van der Waals surface area contributed by atoms with Crippen LogP contribution < -0.4 is 9.73 Å². The molecular formula is C17H26N4O3S. The summed E-state index contributed by atoms with van der Waals surface area (Å²) in [6, 6.07) is 5.52. The van der Waals surface area contributed by atoms with Gasteiger partial charge in [-0.3, -0.25) is 9.10 Å². The summed E-state index contributed by atoms with van der Waals surface area (Å²) in [5, 5.41) is 4.16. The fourth-order valence-electron chi connectivity index (χ4n) is 2.86. The van der Waals surface area contributed by atoms with Crippen LogP contribution in [0.3, 0.4) is 0 Å². The largest absolute Gasteiger partial charge is 0.306 e. The van der Waals surface area contributed by atoms with Gasteiger partial charge in [0.1, 0.15) is 6.54 Å². The van der Waals surface area contributed by atoms with Gasteiger partial charge in [-0.25, -0.2) is 13.8 Å². The summed E-state index contributed by atoms with van der Waals surface area (Å²) >= 11 is 0. The predicted molar refractivity (Wildman–Crippen MR) is 100 cm³/mol. The van der Waals surface area contributed by atoms with E-state index in [0.29, 0.717) is 5.69 Å². The molecule has 1 aromatic rings. The summed E-state index contributed by atoms with van der Waals surface area (Å²) in [6.07, 6.45) is 2.72. The van der Waals surface area contributed by atoms with Gasteiger partial charge in [-0.1, -0.05) is 18.2 Å². The SMILES string of the molecule is Cc1cccc(C)c1N(CC(=O)NN=C1CCN(C)CC1)S(C)(=O)=O. The molecule has 0 bridgehead atoms. The van der Waals surface area contributed by atoms with E-state index in [1.54, 1.807) is 0 Å². The monoisotopic (exact) mass is 366 g/mol. The maximum absolute atomic E-state index is 12.3. The van der Waals surface area contributed by atoms with Crippen molar-refractivity contribution in [2.75, 3.05) is 37.2 Å². The van der Waals surface area contributed by atoms with Crippen molar-refractivity contribution in [3.05, 3.63) is 29.3 Å². The Morgan fingerprint density at radius 2 is 1.80 bits per heavy atom. The summed E-state index contributed by atoms with van der Waals surface area (Å²) in [5.41, 5.74) is 5.60. The van der Waals surface area contributed by atoms with Crippen molar-refractivity contribution in [3.63, 3.8) is 0 Å². The lowest BCUT2D eigenvalue weighted by Crippen LogP contribution is -2.40. The summed E-state index contributed by atoms with van der Waals surface area (Å²) < 4.78 is 25.6. The summed E-state index contributed by atoms with van der Waals surface area (Å²) in [6.45, 7) is 5.19. The average molecular weight is 366 g/mol. The number of rotatable bonds is 5. The van der Waals surface area contributed by atoms with Crippen molar-refractivity contribution in [2.24, 2.45) is 5.10 Å². The molecule has 1 saturated heterocycles. The third kappa shape index (κ3) is 5.27. The molecule has 0 unspecified atom stereocenters. The molecule has 8 heteroatoms. The lowest BCUT2D eigenvalue weighted by molar-refractivity contribution is -0.119. The number of amides is 1. The third-order valence-electron chi connectivity index (χ3n) is 4.28. The smallest absolute Gasteiger partial charge is 0.260 e. The van der Waals surface area contributed by atoms with Crippen LogP contribution in [-0.4, -0.2) is 57.9 Å². The van der Waals surface area contributed by atoms with Gasteiger partial charge in [0.25, 0.3) is 5.91 Å². The van der Waals surface area contributed by atoms with Crippen molar-refractivity contribution in [3.8, 4) is 0 Å². The van der Waals surface area contributed by atoms with Crippen molar-refractivity contribution < 1.29 is 13.2 Å². The molecular weight excluding hydrogens is 340 g/mol. The Morgan fingerprint density at radius 3 is 2.32 bits per heavy atom. The van der Waals surface area contributed by atoms with Crippen molar-refractivity contribution in [2.45, 2.75) is 26.7 Å². The zero-order valence-electron chi connectivity index (χ0n) is 15.2. The first kappa shape index (κ1) is 19.4. The van der Waals surface area contributed by atoms with Crippen LogP contribution in [-0.2, 0) is 14.8 Å². The van der Waals surface area contributed by atoms with Gasteiger partial charge in [-0.15, -0.1) is 0 Å². The predicted octanol–water partition coefficient (Wildman–Crippen LogP) is 1.27. The average Bonchev–Trinajstić information content (AvgIpc) is 2.52. The summed E-state index contributed by atoms with van der Waals surface area (Å²) in [4.78, 5) is 14.5. The molecule has 0 atom stereocenters. The zero-order chi connectivity index (χ0) is 18.6. The minimum atomic E-state index is -3.59. The number of para-hydroxylation sites is 1. The zero-order valence-corrected chi connectivity index (χ0v) is 16.1. The molecule has 0 aliphatic carbocycles. The fourth-order valence-corrected chi connectivity index (χ4v) is 3.83. The molecule has 2 rings (SSSR count). The first-order valence-corrected chi connectivity index (χ1v) is 10.1. The highest BCUT2D eigenvalue weighted by Gasteiger charge is 2.24. The molecule has 1 N–H and O–H groups in total. The number of hydrazone groups is 1. The number of hydrogen-bond donors (Lipinski definition) is 1. The van der Waals surface area contributed by atoms with Crippen LogP contribution in [0.1, 0.15) is 24.0 Å². The molecule has 138 valence electrons. The second-order valence-electron chi connectivity index (χ2n) is 6.53. The van der Waals surface area contributed by atoms with Gasteiger partial charge in [-0.2, -0.15) is 5.10 Å². The quantitative estimate of drug-likeness (QED) is 0.796. The highest BCUT2D eigenvalue weighted by molar-refractivity contribution is 7.92. The van der Waals surface area contributed by atoms with E-state index in [0.717, 1.165) is 53.3 Å². The van der Waals surface area contributed by atoms with Crippen LogP contribution in [0.5, 0.6) is 0 Å². The molecule has 0 aromatic heterocycles. The van der Waals surface area contributed by atoms with E-state index in [1.165, 1.54) is 0 Å². The minimum absolute atomic E-state index is 0.290. The van der Waals surface area contributed by atoms with Gasteiger partial charge in [0.05, 0.1) is 11.9 Å². The lowest BCUT2D eigenvalue weighted by atomic mass is 10.1. The fraction of sp³-hybridized carbons (Fsp3) is 0.529. The van der Waals surface area contributed by atoms with E-state index in [2.05, 4.69) is 15.4 Å². The van der Waals surface area contributed by atoms with E-state index in [4.69, 9.17) is 0 Å². The topological polar surface area (TPSA) is 82.1 Å². The Morgan fingerprint density at radius 1 is 1.24 bits per heavy atom. The van der Waals surface area contributed by atoms with Crippen LogP contribution >= 0.6 is 0 Å². The van der Waals surface area contributed by atoms with Crippen LogP contribution in [0.25, 0.3) is 0 Å². The van der Waals surface area contributed by atoms with Gasteiger partial charge >= 0.3 is 0 Å². The van der Waals surface area contributed by atoms with Crippen LogP contribution in [0.4, 0.5) is 5.69 Å². The van der Waals surface area contributed by atoms with Gasteiger partial charge < -0.3 is 4.90 Å². The second kappa shape index (κ2) is 7.97. The molecule has 0 saturated carbocycles. The van der Waals surface area contributed by atoms with Crippen molar-refractivity contribution >= 4 is 27.3 Å². The molecule has 7 nitrogen and oxygen atoms in total. The number of hydrogen-bond acceptors (Lipinski definition) is 5. The molecule has 1 heterocycles. The number of carbonyl (C=O) groups is 1. The molecule has 1 aliphatic heterocycles. The van der Waals surface area contributed by atoms with Crippen LogP contribution in [0.15, 0.2) is 23.3 Å². The Kier molecular flexibility index (Phi) is 6.18.